The third-order valence-corrected chi connectivity index (χ3v) is 5.31. The van der Waals surface area contributed by atoms with Gasteiger partial charge < -0.3 is 20.2 Å². The number of fused-ring (bicyclic) bond motifs is 2. The number of hydrogen-bond donors (Lipinski definition) is 2. The van der Waals surface area contributed by atoms with E-state index in [-0.39, 0.29) is 11.9 Å². The monoisotopic (exact) mass is 366 g/mol. The molecule has 3 N–H and O–H groups in total. The van der Waals surface area contributed by atoms with Gasteiger partial charge in [-0.05, 0) is 25.0 Å². The summed E-state index contributed by atoms with van der Waals surface area (Å²) in [5.41, 5.74) is 8.44. The number of benzene rings is 1. The van der Waals surface area contributed by atoms with Gasteiger partial charge in [0.05, 0.1) is 18.6 Å². The van der Waals surface area contributed by atoms with Crippen LogP contribution in [0.5, 0.6) is 0 Å². The number of nitrogens with one attached hydrogen (secondary N) is 1. The number of aromatic nitrogens is 4. The molecule has 2 aromatic heterocycles. The van der Waals surface area contributed by atoms with E-state index in [0.29, 0.717) is 25.4 Å². The maximum Gasteiger partial charge on any atom is 0.240 e. The van der Waals surface area contributed by atoms with Crippen LogP contribution in [0.3, 0.4) is 0 Å². The smallest absolute Gasteiger partial charge is 0.240 e. The van der Waals surface area contributed by atoms with Crippen molar-refractivity contribution in [3.05, 3.63) is 47.7 Å². The molecule has 0 unspecified atom stereocenters. The lowest BCUT2D eigenvalue weighted by Gasteiger charge is -2.34. The Labute approximate surface area is 158 Å². The number of amides is 1. The Kier molecular flexibility index (Phi) is 4.47. The maximum absolute atomic E-state index is 13.0. The largest absolute Gasteiger partial charge is 0.361 e. The zero-order valence-corrected chi connectivity index (χ0v) is 16.0. The summed E-state index contributed by atoms with van der Waals surface area (Å²) in [6.07, 6.45) is 2.46. The zero-order valence-electron chi connectivity index (χ0n) is 16.0. The number of nitrogens with zero attached hydrogens (tertiary/aromatic N) is 4. The number of nitrogens with two attached hydrogens (primary N) is 1. The van der Waals surface area contributed by atoms with Gasteiger partial charge in [-0.25, -0.2) is 0 Å². The fraction of sp³-hybridized carbons (Fsp3) is 0.450. The first-order valence-corrected chi connectivity index (χ1v) is 9.48. The molecule has 27 heavy (non-hydrogen) atoms. The van der Waals surface area contributed by atoms with Crippen molar-refractivity contribution in [3.63, 3.8) is 0 Å². The molecule has 0 fully saturated rings. The van der Waals surface area contributed by atoms with Gasteiger partial charge in [-0.1, -0.05) is 32.0 Å². The van der Waals surface area contributed by atoms with Gasteiger partial charge in [0.2, 0.25) is 5.91 Å². The molecule has 0 aliphatic carbocycles. The average Bonchev–Trinajstić information content (AvgIpc) is 3.26. The highest BCUT2D eigenvalue weighted by molar-refractivity contribution is 5.86. The number of hydrogen-bond acceptors (Lipinski definition) is 4. The van der Waals surface area contributed by atoms with E-state index in [0.717, 1.165) is 28.1 Å². The number of H-pyrrole nitrogens is 1. The second-order valence-corrected chi connectivity index (χ2v) is 7.74. The highest BCUT2D eigenvalue weighted by Crippen LogP contribution is 2.26. The maximum atomic E-state index is 13.0. The first-order valence-electron chi connectivity index (χ1n) is 9.48. The van der Waals surface area contributed by atoms with Gasteiger partial charge in [0.25, 0.3) is 0 Å². The van der Waals surface area contributed by atoms with Crippen LogP contribution in [-0.2, 0) is 17.8 Å². The summed E-state index contributed by atoms with van der Waals surface area (Å²) in [6, 6.07) is 7.64. The Morgan fingerprint density at radius 2 is 2.11 bits per heavy atom. The normalized spacial score (nSPS) is 18.1. The van der Waals surface area contributed by atoms with Gasteiger partial charge >= 0.3 is 0 Å². The van der Waals surface area contributed by atoms with Crippen LogP contribution >= 0.6 is 0 Å². The molecule has 7 nitrogen and oxygen atoms in total. The van der Waals surface area contributed by atoms with E-state index in [1.165, 1.54) is 0 Å². The van der Waals surface area contributed by atoms with E-state index >= 15 is 0 Å². The van der Waals surface area contributed by atoms with E-state index in [9.17, 15) is 4.79 Å². The topological polar surface area (TPSA) is 92.8 Å². The minimum Gasteiger partial charge on any atom is -0.361 e. The van der Waals surface area contributed by atoms with Crippen molar-refractivity contribution in [1.82, 2.24) is 24.6 Å². The molecule has 1 aliphatic heterocycles. The lowest BCUT2D eigenvalue weighted by molar-refractivity contribution is -0.134. The van der Waals surface area contributed by atoms with Gasteiger partial charge in [-0.2, -0.15) is 0 Å². The first-order chi connectivity index (χ1) is 13.0. The molecular formula is C20H26N6O. The predicted octanol–water partition coefficient (Wildman–Crippen LogP) is 2.36. The van der Waals surface area contributed by atoms with Crippen molar-refractivity contribution in [3.8, 4) is 0 Å². The standard InChI is InChI=1S/C20H26N6O/c1-12(2)19-24-23-18-11-25(10-13(3)26(18)19)20(27)16(21)8-14-9-22-17-7-5-4-6-15(14)17/h4-7,9,12-13,16,22H,8,10-11,21H2,1-3H3/t13-,16+/m0/s1. The molecule has 3 aromatic rings. The van der Waals surface area contributed by atoms with E-state index < -0.39 is 6.04 Å². The minimum atomic E-state index is -0.574. The van der Waals surface area contributed by atoms with E-state index in [4.69, 9.17) is 5.73 Å². The molecule has 7 heteroatoms. The lowest BCUT2D eigenvalue weighted by Crippen LogP contribution is -2.48. The summed E-state index contributed by atoms with van der Waals surface area (Å²) in [7, 11) is 0. The number of para-hydroxylation sites is 1. The third kappa shape index (κ3) is 3.12. The van der Waals surface area contributed by atoms with Gasteiger partial charge in [0.15, 0.2) is 5.82 Å². The molecule has 0 radical (unpaired) electrons. The Bertz CT molecular complexity index is 972. The second kappa shape index (κ2) is 6.81. The van der Waals surface area contributed by atoms with Gasteiger partial charge in [-0.3, -0.25) is 4.79 Å². The molecule has 4 rings (SSSR count). The van der Waals surface area contributed by atoms with Gasteiger partial charge in [0, 0.05) is 29.6 Å². The molecule has 142 valence electrons. The fourth-order valence-corrected chi connectivity index (χ4v) is 3.98. The molecule has 1 amide bonds. The van der Waals surface area contributed by atoms with Gasteiger partial charge in [-0.15, -0.1) is 10.2 Å². The van der Waals surface area contributed by atoms with Crippen molar-refractivity contribution in [1.29, 1.82) is 0 Å². The summed E-state index contributed by atoms with van der Waals surface area (Å²) in [6.45, 7) is 7.41. The predicted molar refractivity (Wildman–Crippen MR) is 104 cm³/mol. The quantitative estimate of drug-likeness (QED) is 0.741. The zero-order chi connectivity index (χ0) is 19.1. The van der Waals surface area contributed by atoms with Crippen molar-refractivity contribution in [2.24, 2.45) is 5.73 Å². The van der Waals surface area contributed by atoms with Crippen LogP contribution in [0.25, 0.3) is 10.9 Å². The van der Waals surface area contributed by atoms with Crippen LogP contribution in [0.1, 0.15) is 49.9 Å². The van der Waals surface area contributed by atoms with Gasteiger partial charge in [0.1, 0.15) is 5.82 Å². The SMILES string of the molecule is CC(C)c1nnc2n1[C@@H](C)CN(C(=O)[C@H](N)Cc1c[nH]c3ccccc13)C2. The highest BCUT2D eigenvalue weighted by atomic mass is 16.2. The Morgan fingerprint density at radius 3 is 2.89 bits per heavy atom. The number of carbonyl (C=O) groups is 1. The number of carbonyl (C=O) groups excluding carboxylic acids is 1. The second-order valence-electron chi connectivity index (χ2n) is 7.74. The average molecular weight is 366 g/mol. The third-order valence-electron chi connectivity index (χ3n) is 5.31. The van der Waals surface area contributed by atoms with Crippen molar-refractivity contribution in [2.75, 3.05) is 6.54 Å². The van der Waals surface area contributed by atoms with Crippen LogP contribution in [0.15, 0.2) is 30.5 Å². The molecule has 0 spiro atoms. The van der Waals surface area contributed by atoms with Crippen LogP contribution in [0.4, 0.5) is 0 Å². The van der Waals surface area contributed by atoms with Crippen LogP contribution in [0.2, 0.25) is 0 Å². The van der Waals surface area contributed by atoms with Crippen molar-refractivity contribution in [2.45, 2.75) is 51.7 Å². The molecule has 0 bridgehead atoms. The molecule has 0 saturated carbocycles. The lowest BCUT2D eigenvalue weighted by atomic mass is 10.0. The first kappa shape index (κ1) is 17.7. The summed E-state index contributed by atoms with van der Waals surface area (Å²) in [5, 5.41) is 9.75. The Balaban J connectivity index is 1.51. The van der Waals surface area contributed by atoms with Crippen molar-refractivity contribution >= 4 is 16.8 Å². The highest BCUT2D eigenvalue weighted by Gasteiger charge is 2.32. The Hall–Kier alpha value is -2.67. The molecule has 1 aromatic carbocycles. The minimum absolute atomic E-state index is 0.0347. The van der Waals surface area contributed by atoms with E-state index in [1.54, 1.807) is 0 Å². The molecule has 3 heterocycles. The van der Waals surface area contributed by atoms with Crippen LogP contribution in [-0.4, -0.2) is 43.1 Å². The summed E-state index contributed by atoms with van der Waals surface area (Å²) >= 11 is 0. The molecule has 2 atom stereocenters. The molecule has 1 aliphatic rings. The summed E-state index contributed by atoms with van der Waals surface area (Å²) < 4.78 is 2.17. The van der Waals surface area contributed by atoms with Crippen LogP contribution in [0, 0.1) is 0 Å². The van der Waals surface area contributed by atoms with E-state index in [1.807, 2.05) is 29.3 Å². The fourth-order valence-electron chi connectivity index (χ4n) is 3.98. The summed E-state index contributed by atoms with van der Waals surface area (Å²) in [5.74, 6) is 2.09. The summed E-state index contributed by atoms with van der Waals surface area (Å²) in [4.78, 5) is 18.1. The molecule has 0 saturated heterocycles. The number of rotatable bonds is 4. The van der Waals surface area contributed by atoms with Crippen molar-refractivity contribution < 1.29 is 4.79 Å². The Morgan fingerprint density at radius 1 is 1.33 bits per heavy atom. The van der Waals surface area contributed by atoms with Crippen LogP contribution < -0.4 is 5.73 Å². The van der Waals surface area contributed by atoms with E-state index in [2.05, 4.69) is 46.6 Å². The molecular weight excluding hydrogens is 340 g/mol. The number of aromatic amines is 1.